The number of nitrogens with zero attached hydrogens (tertiary/aromatic N) is 1. The van der Waals surface area contributed by atoms with Crippen LogP contribution < -0.4 is 4.90 Å². The molecule has 144 valence electrons. The number of halogens is 3. The lowest BCUT2D eigenvalue weighted by Gasteiger charge is -2.21. The smallest absolute Gasteiger partial charge is 0.360 e. The van der Waals surface area contributed by atoms with Crippen LogP contribution in [0, 0.1) is 0 Å². The Hall–Kier alpha value is -2.93. The first-order valence-electron chi connectivity index (χ1n) is 8.80. The number of amides is 2. The monoisotopic (exact) mass is 387 g/mol. The van der Waals surface area contributed by atoms with E-state index < -0.39 is 29.2 Å². The number of carbonyl (C=O) groups is 2. The SMILES string of the molecule is O=C1/C(=C/c2ccccc2)C2(CCCO2)C(=O)N1c1ccc(C(F)(F)F)cc1. The van der Waals surface area contributed by atoms with E-state index in [1.54, 1.807) is 18.2 Å². The largest absolute Gasteiger partial charge is 0.416 e. The van der Waals surface area contributed by atoms with Gasteiger partial charge in [0.2, 0.25) is 0 Å². The zero-order valence-electron chi connectivity index (χ0n) is 14.7. The molecule has 4 nitrogen and oxygen atoms in total. The molecule has 2 heterocycles. The lowest BCUT2D eigenvalue weighted by atomic mass is 9.91. The molecule has 0 saturated carbocycles. The minimum Gasteiger partial charge on any atom is -0.360 e. The highest BCUT2D eigenvalue weighted by Crippen LogP contribution is 2.44. The predicted molar refractivity (Wildman–Crippen MR) is 96.3 cm³/mol. The number of imide groups is 1. The highest BCUT2D eigenvalue weighted by atomic mass is 19.4. The Balaban J connectivity index is 1.77. The third kappa shape index (κ3) is 2.92. The normalized spacial score (nSPS) is 24.0. The Morgan fingerprint density at radius 2 is 1.68 bits per heavy atom. The second kappa shape index (κ2) is 6.60. The summed E-state index contributed by atoms with van der Waals surface area (Å²) >= 11 is 0. The van der Waals surface area contributed by atoms with Gasteiger partial charge in [0, 0.05) is 6.61 Å². The van der Waals surface area contributed by atoms with Gasteiger partial charge in [0.05, 0.1) is 16.8 Å². The van der Waals surface area contributed by atoms with E-state index in [1.807, 2.05) is 18.2 Å². The second-order valence-corrected chi connectivity index (χ2v) is 6.74. The van der Waals surface area contributed by atoms with Crippen molar-refractivity contribution in [1.29, 1.82) is 0 Å². The number of alkyl halides is 3. The van der Waals surface area contributed by atoms with Crippen LogP contribution in [-0.2, 0) is 20.5 Å². The van der Waals surface area contributed by atoms with Gasteiger partial charge in [-0.1, -0.05) is 30.3 Å². The lowest BCUT2D eigenvalue weighted by molar-refractivity contribution is -0.137. The summed E-state index contributed by atoms with van der Waals surface area (Å²) < 4.78 is 44.2. The summed E-state index contributed by atoms with van der Waals surface area (Å²) in [6, 6.07) is 13.0. The highest BCUT2D eigenvalue weighted by Gasteiger charge is 2.58. The van der Waals surface area contributed by atoms with E-state index in [1.165, 1.54) is 0 Å². The first kappa shape index (κ1) is 18.4. The fourth-order valence-corrected chi connectivity index (χ4v) is 3.63. The first-order valence-corrected chi connectivity index (χ1v) is 8.80. The summed E-state index contributed by atoms with van der Waals surface area (Å²) in [6.45, 7) is 0.339. The van der Waals surface area contributed by atoms with E-state index in [0.717, 1.165) is 34.7 Å². The van der Waals surface area contributed by atoms with Crippen LogP contribution in [0.1, 0.15) is 24.0 Å². The van der Waals surface area contributed by atoms with Gasteiger partial charge in [-0.05, 0) is 48.7 Å². The Labute approximate surface area is 159 Å². The maximum absolute atomic E-state index is 13.1. The van der Waals surface area contributed by atoms with Gasteiger partial charge < -0.3 is 4.74 Å². The van der Waals surface area contributed by atoms with Gasteiger partial charge in [0.15, 0.2) is 5.60 Å². The molecule has 1 spiro atoms. The molecule has 0 radical (unpaired) electrons. The molecule has 7 heteroatoms. The molecule has 2 aromatic carbocycles. The van der Waals surface area contributed by atoms with E-state index in [0.29, 0.717) is 19.4 Å². The van der Waals surface area contributed by atoms with Crippen molar-refractivity contribution in [2.75, 3.05) is 11.5 Å². The molecule has 2 aromatic rings. The molecule has 4 rings (SSSR count). The van der Waals surface area contributed by atoms with Gasteiger partial charge in [-0.15, -0.1) is 0 Å². The zero-order chi connectivity index (χ0) is 19.9. The maximum Gasteiger partial charge on any atom is 0.416 e. The molecule has 0 aliphatic carbocycles. The van der Waals surface area contributed by atoms with Crippen LogP contribution >= 0.6 is 0 Å². The van der Waals surface area contributed by atoms with Gasteiger partial charge in [-0.25, -0.2) is 4.90 Å². The van der Waals surface area contributed by atoms with E-state index in [-0.39, 0.29) is 11.3 Å². The summed E-state index contributed by atoms with van der Waals surface area (Å²) in [5.41, 5.74) is -1.18. The number of hydrogen-bond acceptors (Lipinski definition) is 3. The van der Waals surface area contributed by atoms with Crippen molar-refractivity contribution in [2.45, 2.75) is 24.6 Å². The first-order chi connectivity index (χ1) is 13.3. The van der Waals surface area contributed by atoms with E-state index in [9.17, 15) is 22.8 Å². The molecule has 1 atom stereocenters. The summed E-state index contributed by atoms with van der Waals surface area (Å²) in [5, 5.41) is 0. The predicted octanol–water partition coefficient (Wildman–Crippen LogP) is 4.21. The van der Waals surface area contributed by atoms with E-state index >= 15 is 0 Å². The molecule has 28 heavy (non-hydrogen) atoms. The van der Waals surface area contributed by atoms with Crippen molar-refractivity contribution < 1.29 is 27.5 Å². The standard InChI is InChI=1S/C21H16F3NO3/c22-21(23,24)15-7-9-16(10-8-15)25-18(26)17(13-14-5-2-1-3-6-14)20(19(25)27)11-4-12-28-20/h1-3,5-10,13H,4,11-12H2/b17-13-. The van der Waals surface area contributed by atoms with Gasteiger partial charge in [0.1, 0.15) is 0 Å². The average Bonchev–Trinajstić information content (AvgIpc) is 3.23. The molecule has 2 fully saturated rings. The van der Waals surface area contributed by atoms with Crippen LogP contribution in [0.15, 0.2) is 60.2 Å². The molecule has 2 saturated heterocycles. The molecule has 0 N–H and O–H groups in total. The number of hydrogen-bond donors (Lipinski definition) is 0. The van der Waals surface area contributed by atoms with E-state index in [4.69, 9.17) is 4.74 Å². The van der Waals surface area contributed by atoms with Crippen molar-refractivity contribution in [3.05, 3.63) is 71.3 Å². The number of ether oxygens (including phenoxy) is 1. The Kier molecular flexibility index (Phi) is 4.34. The zero-order valence-corrected chi connectivity index (χ0v) is 14.7. The minimum atomic E-state index is -4.49. The molecule has 2 aliphatic rings. The van der Waals surface area contributed by atoms with Gasteiger partial charge in [0.25, 0.3) is 11.8 Å². The molecular formula is C21H16F3NO3. The fourth-order valence-electron chi connectivity index (χ4n) is 3.63. The number of benzene rings is 2. The summed E-state index contributed by atoms with van der Waals surface area (Å²) in [6.07, 6.45) is -1.90. The third-order valence-electron chi connectivity index (χ3n) is 5.00. The van der Waals surface area contributed by atoms with Crippen LogP contribution in [0.4, 0.5) is 18.9 Å². The van der Waals surface area contributed by atoms with Gasteiger partial charge in [-0.3, -0.25) is 9.59 Å². The second-order valence-electron chi connectivity index (χ2n) is 6.74. The molecular weight excluding hydrogens is 371 g/mol. The summed E-state index contributed by atoms with van der Waals surface area (Å²) in [5.74, 6) is -1.13. The fraction of sp³-hybridized carbons (Fsp3) is 0.238. The van der Waals surface area contributed by atoms with Crippen molar-refractivity contribution in [3.63, 3.8) is 0 Å². The molecule has 1 unspecified atom stereocenters. The number of anilines is 1. The summed E-state index contributed by atoms with van der Waals surface area (Å²) in [4.78, 5) is 27.2. The Bertz CT molecular complexity index is 943. The van der Waals surface area contributed by atoms with E-state index in [2.05, 4.69) is 0 Å². The van der Waals surface area contributed by atoms with Crippen LogP contribution in [0.5, 0.6) is 0 Å². The highest BCUT2D eigenvalue weighted by molar-refractivity contribution is 6.34. The molecule has 0 aromatic heterocycles. The molecule has 0 bridgehead atoms. The van der Waals surface area contributed by atoms with Crippen LogP contribution in [0.3, 0.4) is 0 Å². The maximum atomic E-state index is 13.1. The Morgan fingerprint density at radius 1 is 1.00 bits per heavy atom. The number of rotatable bonds is 2. The number of carbonyl (C=O) groups excluding carboxylic acids is 2. The molecule has 2 aliphatic heterocycles. The molecule has 2 amide bonds. The summed E-state index contributed by atoms with van der Waals surface area (Å²) in [7, 11) is 0. The average molecular weight is 387 g/mol. The van der Waals surface area contributed by atoms with Crippen LogP contribution in [0.2, 0.25) is 0 Å². The van der Waals surface area contributed by atoms with Gasteiger partial charge in [-0.2, -0.15) is 13.2 Å². The van der Waals surface area contributed by atoms with Crippen LogP contribution in [-0.4, -0.2) is 24.0 Å². The van der Waals surface area contributed by atoms with Crippen molar-refractivity contribution >= 4 is 23.6 Å². The van der Waals surface area contributed by atoms with Crippen molar-refractivity contribution in [1.82, 2.24) is 0 Å². The lowest BCUT2D eigenvalue weighted by Crippen LogP contribution is -2.40. The minimum absolute atomic E-state index is 0.0920. The van der Waals surface area contributed by atoms with Crippen molar-refractivity contribution in [2.24, 2.45) is 0 Å². The quantitative estimate of drug-likeness (QED) is 0.573. The van der Waals surface area contributed by atoms with Crippen molar-refractivity contribution in [3.8, 4) is 0 Å². The topological polar surface area (TPSA) is 46.6 Å². The van der Waals surface area contributed by atoms with Crippen LogP contribution in [0.25, 0.3) is 6.08 Å². The Morgan fingerprint density at radius 3 is 2.25 bits per heavy atom. The third-order valence-corrected chi connectivity index (χ3v) is 5.00. The van der Waals surface area contributed by atoms with Gasteiger partial charge >= 0.3 is 6.18 Å².